The molecular weight excluding hydrogens is 182 g/mol. The summed E-state index contributed by atoms with van der Waals surface area (Å²) in [5, 5.41) is 0. The normalized spacial score (nSPS) is 27.6. The largest absolute Gasteiger partial charge is 0.342 e. The molecule has 0 aromatic heterocycles. The van der Waals surface area contributed by atoms with E-state index in [9.17, 15) is 4.79 Å². The third-order valence-electron chi connectivity index (χ3n) is 1.61. The first kappa shape index (κ1) is 7.06. The molecule has 0 aromatic rings. The van der Waals surface area contributed by atoms with Crippen LogP contribution in [0.4, 0.5) is 0 Å². The molecule has 0 radical (unpaired) electrons. The van der Waals surface area contributed by atoms with Crippen LogP contribution in [-0.4, -0.2) is 28.7 Å². The molecule has 9 heavy (non-hydrogen) atoms. The number of hydrogen-bond donors (Lipinski definition) is 0. The number of likely N-dealkylation sites (tertiary alicyclic amines) is 1. The highest BCUT2D eigenvalue weighted by molar-refractivity contribution is 9.10. The monoisotopic (exact) mass is 191 g/mol. The molecule has 0 aromatic carbocycles. The van der Waals surface area contributed by atoms with Crippen molar-refractivity contribution >= 4 is 21.8 Å². The lowest BCUT2D eigenvalue weighted by molar-refractivity contribution is -0.126. The Morgan fingerprint density at radius 2 is 2.56 bits per heavy atom. The van der Waals surface area contributed by atoms with Crippen LogP contribution in [0.3, 0.4) is 0 Å². The molecule has 1 fully saturated rings. The van der Waals surface area contributed by atoms with Gasteiger partial charge in [-0.25, -0.2) is 0 Å². The average Bonchev–Trinajstić information content (AvgIpc) is 2.15. The van der Waals surface area contributed by atoms with E-state index in [2.05, 4.69) is 15.9 Å². The van der Waals surface area contributed by atoms with Crippen molar-refractivity contribution in [3.8, 4) is 0 Å². The van der Waals surface area contributed by atoms with Crippen molar-refractivity contribution in [3.05, 3.63) is 0 Å². The van der Waals surface area contributed by atoms with E-state index in [1.165, 1.54) is 0 Å². The van der Waals surface area contributed by atoms with Crippen LogP contribution >= 0.6 is 15.9 Å². The molecular formula is C6H10BrNO. The number of carbonyl (C=O) groups excluding carboxylic acids is 1. The zero-order valence-corrected chi connectivity index (χ0v) is 7.02. The smallest absolute Gasteiger partial charge is 0.236 e. The van der Waals surface area contributed by atoms with Gasteiger partial charge in [0.15, 0.2) is 0 Å². The number of rotatable bonds is 1. The first-order valence-electron chi connectivity index (χ1n) is 3.18. The predicted octanol–water partition coefficient (Wildman–Crippen LogP) is 1.00. The average molecular weight is 192 g/mol. The third kappa shape index (κ3) is 1.26. The second-order valence-corrected chi connectivity index (χ2v) is 3.28. The predicted molar refractivity (Wildman–Crippen MR) is 39.6 cm³/mol. The van der Waals surface area contributed by atoms with E-state index in [1.807, 2.05) is 11.8 Å². The van der Waals surface area contributed by atoms with Crippen LogP contribution in [-0.2, 0) is 4.79 Å². The Morgan fingerprint density at radius 3 is 2.78 bits per heavy atom. The fraction of sp³-hybridized carbons (Fsp3) is 0.833. The Kier molecular flexibility index (Phi) is 2.11. The molecule has 0 saturated carbocycles. The van der Waals surface area contributed by atoms with Gasteiger partial charge in [-0.3, -0.25) is 4.79 Å². The van der Waals surface area contributed by atoms with E-state index < -0.39 is 0 Å². The molecule has 1 aliphatic heterocycles. The molecule has 1 rings (SSSR count). The van der Waals surface area contributed by atoms with Crippen LogP contribution in [0.2, 0.25) is 0 Å². The highest BCUT2D eigenvalue weighted by atomic mass is 79.9. The van der Waals surface area contributed by atoms with Crippen molar-refractivity contribution in [1.29, 1.82) is 0 Å². The summed E-state index contributed by atoms with van der Waals surface area (Å²) in [6.07, 6.45) is 0.965. The molecule has 3 heteroatoms. The molecule has 1 aliphatic rings. The minimum atomic E-state index is 0.0949. The van der Waals surface area contributed by atoms with Gasteiger partial charge in [-0.05, 0) is 13.3 Å². The summed E-state index contributed by atoms with van der Waals surface area (Å²) < 4.78 is 0. The summed E-state index contributed by atoms with van der Waals surface area (Å²) in [6, 6.07) is 0. The molecule has 1 heterocycles. The standard InChI is InChI=1S/C6H10BrNO/c1-2-8-4-3-5(7)6(8)9/h5H,2-4H2,1H3/t5-/m1/s1. The fourth-order valence-corrected chi connectivity index (χ4v) is 1.51. The minimum absolute atomic E-state index is 0.0949. The fourth-order valence-electron chi connectivity index (χ4n) is 1.01. The SMILES string of the molecule is CCN1CC[C@@H](Br)C1=O. The third-order valence-corrected chi connectivity index (χ3v) is 2.46. The van der Waals surface area contributed by atoms with Crippen molar-refractivity contribution < 1.29 is 4.79 Å². The molecule has 0 bridgehead atoms. The second-order valence-electron chi connectivity index (χ2n) is 2.17. The maximum atomic E-state index is 11.0. The van der Waals surface area contributed by atoms with Gasteiger partial charge in [0.2, 0.25) is 5.91 Å². The van der Waals surface area contributed by atoms with Crippen molar-refractivity contribution in [2.45, 2.75) is 18.2 Å². The van der Waals surface area contributed by atoms with Gasteiger partial charge in [0, 0.05) is 13.1 Å². The molecule has 0 unspecified atom stereocenters. The van der Waals surface area contributed by atoms with E-state index >= 15 is 0 Å². The number of halogens is 1. The highest BCUT2D eigenvalue weighted by Gasteiger charge is 2.27. The van der Waals surface area contributed by atoms with E-state index in [1.54, 1.807) is 0 Å². The molecule has 52 valence electrons. The molecule has 1 saturated heterocycles. The molecule has 0 N–H and O–H groups in total. The Balaban J connectivity index is 2.51. The summed E-state index contributed by atoms with van der Waals surface area (Å²) in [7, 11) is 0. The van der Waals surface area contributed by atoms with Crippen LogP contribution in [0.5, 0.6) is 0 Å². The van der Waals surface area contributed by atoms with Crippen molar-refractivity contribution in [1.82, 2.24) is 4.90 Å². The van der Waals surface area contributed by atoms with Gasteiger partial charge < -0.3 is 4.90 Å². The Hall–Kier alpha value is -0.0500. The molecule has 0 aliphatic carbocycles. The zero-order chi connectivity index (χ0) is 6.85. The van der Waals surface area contributed by atoms with Crippen LogP contribution in [0.15, 0.2) is 0 Å². The lowest BCUT2D eigenvalue weighted by Crippen LogP contribution is -2.26. The summed E-state index contributed by atoms with van der Waals surface area (Å²) in [6.45, 7) is 3.77. The van der Waals surface area contributed by atoms with Crippen molar-refractivity contribution in [2.75, 3.05) is 13.1 Å². The van der Waals surface area contributed by atoms with Gasteiger partial charge in [-0.15, -0.1) is 0 Å². The topological polar surface area (TPSA) is 20.3 Å². The van der Waals surface area contributed by atoms with E-state index in [4.69, 9.17) is 0 Å². The Labute approximate surface area is 63.3 Å². The van der Waals surface area contributed by atoms with E-state index in [-0.39, 0.29) is 10.7 Å². The maximum Gasteiger partial charge on any atom is 0.236 e. The Bertz CT molecular complexity index is 126. The lowest BCUT2D eigenvalue weighted by atomic mass is 10.4. The minimum Gasteiger partial charge on any atom is -0.342 e. The molecule has 0 spiro atoms. The van der Waals surface area contributed by atoms with Crippen LogP contribution in [0.25, 0.3) is 0 Å². The number of carbonyl (C=O) groups is 1. The van der Waals surface area contributed by atoms with E-state index in [0.717, 1.165) is 19.5 Å². The number of hydrogen-bond acceptors (Lipinski definition) is 1. The van der Waals surface area contributed by atoms with Gasteiger partial charge in [-0.1, -0.05) is 15.9 Å². The summed E-state index contributed by atoms with van der Waals surface area (Å²) >= 11 is 3.29. The summed E-state index contributed by atoms with van der Waals surface area (Å²) in [4.78, 5) is 13.0. The first-order chi connectivity index (χ1) is 4.25. The molecule has 1 amide bonds. The second kappa shape index (κ2) is 2.69. The summed E-state index contributed by atoms with van der Waals surface area (Å²) in [5.41, 5.74) is 0. The number of alkyl halides is 1. The maximum absolute atomic E-state index is 11.0. The molecule has 2 nitrogen and oxygen atoms in total. The molecule has 1 atom stereocenters. The van der Waals surface area contributed by atoms with Crippen molar-refractivity contribution in [2.24, 2.45) is 0 Å². The number of nitrogens with zero attached hydrogens (tertiary/aromatic N) is 1. The zero-order valence-electron chi connectivity index (χ0n) is 5.43. The summed E-state index contributed by atoms with van der Waals surface area (Å²) in [5.74, 6) is 0.248. The van der Waals surface area contributed by atoms with Gasteiger partial charge >= 0.3 is 0 Å². The van der Waals surface area contributed by atoms with Crippen molar-refractivity contribution in [3.63, 3.8) is 0 Å². The highest BCUT2D eigenvalue weighted by Crippen LogP contribution is 2.17. The van der Waals surface area contributed by atoms with Crippen LogP contribution in [0, 0.1) is 0 Å². The lowest BCUT2D eigenvalue weighted by Gasteiger charge is -2.10. The Morgan fingerprint density at radius 1 is 1.89 bits per heavy atom. The van der Waals surface area contributed by atoms with E-state index in [0.29, 0.717) is 0 Å². The van der Waals surface area contributed by atoms with Crippen LogP contribution in [0.1, 0.15) is 13.3 Å². The van der Waals surface area contributed by atoms with Gasteiger partial charge in [0.1, 0.15) is 0 Å². The van der Waals surface area contributed by atoms with Gasteiger partial charge in [-0.2, -0.15) is 0 Å². The van der Waals surface area contributed by atoms with Gasteiger partial charge in [0.25, 0.3) is 0 Å². The van der Waals surface area contributed by atoms with Crippen LogP contribution < -0.4 is 0 Å². The quantitative estimate of drug-likeness (QED) is 0.567. The first-order valence-corrected chi connectivity index (χ1v) is 4.10. The number of amides is 1. The van der Waals surface area contributed by atoms with Gasteiger partial charge in [0.05, 0.1) is 4.83 Å².